The van der Waals surface area contributed by atoms with Gasteiger partial charge in [-0.05, 0) is 45.2 Å². The Kier molecular flexibility index (Phi) is 6.17. The number of rotatable bonds is 6. The minimum absolute atomic E-state index is 0.106. The van der Waals surface area contributed by atoms with Crippen molar-refractivity contribution in [3.05, 3.63) is 23.8 Å². The highest BCUT2D eigenvalue weighted by Gasteiger charge is 2.17. The maximum absolute atomic E-state index is 11.7. The average molecular weight is 345 g/mol. The van der Waals surface area contributed by atoms with Gasteiger partial charge in [-0.1, -0.05) is 43.4 Å². The molecule has 1 amide bonds. The summed E-state index contributed by atoms with van der Waals surface area (Å²) in [6.45, 7) is 7.46. The Morgan fingerprint density at radius 3 is 2.68 bits per heavy atom. The number of amides is 1. The molecule has 0 fully saturated rings. The zero-order valence-corrected chi connectivity index (χ0v) is 15.4. The van der Waals surface area contributed by atoms with Gasteiger partial charge in [0.25, 0.3) is 0 Å². The van der Waals surface area contributed by atoms with Gasteiger partial charge in [0.05, 0.1) is 5.52 Å². The molecule has 25 heavy (non-hydrogen) atoms. The van der Waals surface area contributed by atoms with E-state index < -0.39 is 11.7 Å². The zero-order valence-electron chi connectivity index (χ0n) is 15.4. The summed E-state index contributed by atoms with van der Waals surface area (Å²) in [5, 5.41) is 18.2. The topological polar surface area (TPSA) is 87.0 Å². The standard InChI is InChI=1S/C19H27N3O3/c1-5-6-7-8-9-13-10-11-14-15(12-13)20-17(23)16(14)21-22-18(24)25-19(2,3)4/h10-12,20,23H,5-9H2,1-4H3. The molecule has 136 valence electrons. The highest BCUT2D eigenvalue weighted by molar-refractivity contribution is 5.94. The summed E-state index contributed by atoms with van der Waals surface area (Å²) in [7, 11) is 0. The number of unbranched alkanes of at least 4 members (excludes halogenated alkanes) is 3. The molecule has 0 aliphatic heterocycles. The molecule has 2 N–H and O–H groups in total. The Bertz CT molecular complexity index is 757. The Hall–Kier alpha value is -2.37. The number of nitrogens with zero attached hydrogens (tertiary/aromatic N) is 2. The number of fused-ring (bicyclic) bond motifs is 1. The molecule has 1 aromatic carbocycles. The lowest BCUT2D eigenvalue weighted by Gasteiger charge is -2.16. The van der Waals surface area contributed by atoms with Crippen molar-refractivity contribution < 1.29 is 14.6 Å². The van der Waals surface area contributed by atoms with E-state index in [2.05, 4.69) is 22.1 Å². The molecule has 2 rings (SSSR count). The maximum Gasteiger partial charge on any atom is 0.452 e. The summed E-state index contributed by atoms with van der Waals surface area (Å²) in [5.41, 5.74) is 1.60. The number of aromatic hydroxyl groups is 1. The van der Waals surface area contributed by atoms with Gasteiger partial charge in [0, 0.05) is 5.39 Å². The fourth-order valence-corrected chi connectivity index (χ4v) is 2.60. The van der Waals surface area contributed by atoms with E-state index in [4.69, 9.17) is 4.74 Å². The molecule has 0 radical (unpaired) electrons. The van der Waals surface area contributed by atoms with Crippen LogP contribution in [0.1, 0.15) is 58.9 Å². The van der Waals surface area contributed by atoms with Crippen LogP contribution in [0.25, 0.3) is 10.9 Å². The SMILES string of the molecule is CCCCCCc1ccc2c(N=NC(=O)OC(C)(C)C)c(O)[nH]c2c1. The summed E-state index contributed by atoms with van der Waals surface area (Å²) < 4.78 is 5.08. The third-order valence-electron chi connectivity index (χ3n) is 3.76. The molecule has 0 atom stereocenters. The van der Waals surface area contributed by atoms with E-state index in [1.165, 1.54) is 24.8 Å². The van der Waals surface area contributed by atoms with E-state index in [9.17, 15) is 9.90 Å². The number of aromatic amines is 1. The minimum atomic E-state index is -0.784. The van der Waals surface area contributed by atoms with E-state index in [0.717, 1.165) is 23.7 Å². The number of benzene rings is 1. The number of H-pyrrole nitrogens is 1. The predicted octanol–water partition coefficient (Wildman–Crippen LogP) is 6.02. The van der Waals surface area contributed by atoms with Crippen LogP contribution in [-0.2, 0) is 11.2 Å². The lowest BCUT2D eigenvalue weighted by Crippen LogP contribution is -2.21. The largest absolute Gasteiger partial charge is 0.493 e. The summed E-state index contributed by atoms with van der Waals surface area (Å²) in [6.07, 6.45) is 5.06. The minimum Gasteiger partial charge on any atom is -0.493 e. The van der Waals surface area contributed by atoms with Gasteiger partial charge in [0.15, 0.2) is 5.69 Å². The molecule has 0 unspecified atom stereocenters. The molecule has 0 bridgehead atoms. The fourth-order valence-electron chi connectivity index (χ4n) is 2.60. The number of carbonyl (C=O) groups is 1. The molecule has 0 aliphatic rings. The van der Waals surface area contributed by atoms with Gasteiger partial charge in [0.2, 0.25) is 5.88 Å². The first-order valence-electron chi connectivity index (χ1n) is 8.78. The van der Waals surface area contributed by atoms with Crippen molar-refractivity contribution >= 4 is 22.7 Å². The van der Waals surface area contributed by atoms with E-state index in [1.807, 2.05) is 18.2 Å². The fraction of sp³-hybridized carbons (Fsp3) is 0.526. The normalized spacial score (nSPS) is 12.2. The second kappa shape index (κ2) is 8.14. The highest BCUT2D eigenvalue weighted by atomic mass is 16.6. The lowest BCUT2D eigenvalue weighted by atomic mass is 10.0. The van der Waals surface area contributed by atoms with Crippen LogP contribution in [0.15, 0.2) is 28.4 Å². The number of hydrogen-bond acceptors (Lipinski definition) is 4. The molecular weight excluding hydrogens is 318 g/mol. The Labute approximate surface area is 148 Å². The Morgan fingerprint density at radius 1 is 1.24 bits per heavy atom. The van der Waals surface area contributed by atoms with E-state index in [0.29, 0.717) is 0 Å². The van der Waals surface area contributed by atoms with Crippen molar-refractivity contribution in [3.63, 3.8) is 0 Å². The summed E-state index contributed by atoms with van der Waals surface area (Å²) in [4.78, 5) is 14.5. The van der Waals surface area contributed by atoms with Gasteiger partial charge in [-0.25, -0.2) is 4.79 Å². The number of ether oxygens (including phenoxy) is 1. The zero-order chi connectivity index (χ0) is 18.4. The van der Waals surface area contributed by atoms with Gasteiger partial charge in [-0.15, -0.1) is 5.11 Å². The van der Waals surface area contributed by atoms with Crippen molar-refractivity contribution in [2.75, 3.05) is 0 Å². The van der Waals surface area contributed by atoms with Crippen LogP contribution in [0.5, 0.6) is 5.88 Å². The second-order valence-electron chi connectivity index (χ2n) is 7.19. The van der Waals surface area contributed by atoms with Crippen LogP contribution >= 0.6 is 0 Å². The van der Waals surface area contributed by atoms with Crippen molar-refractivity contribution in [1.82, 2.24) is 4.98 Å². The first kappa shape index (κ1) is 19.0. The van der Waals surface area contributed by atoms with Crippen molar-refractivity contribution in [1.29, 1.82) is 0 Å². The van der Waals surface area contributed by atoms with Crippen LogP contribution in [0.3, 0.4) is 0 Å². The van der Waals surface area contributed by atoms with Crippen LogP contribution < -0.4 is 0 Å². The predicted molar refractivity (Wildman–Crippen MR) is 98.6 cm³/mol. The molecular formula is C19H27N3O3. The van der Waals surface area contributed by atoms with Crippen LogP contribution in [0, 0.1) is 0 Å². The highest BCUT2D eigenvalue weighted by Crippen LogP contribution is 2.36. The Balaban J connectivity index is 2.13. The molecule has 6 heteroatoms. The van der Waals surface area contributed by atoms with Crippen molar-refractivity contribution in [3.8, 4) is 5.88 Å². The quantitative estimate of drug-likeness (QED) is 0.496. The molecule has 6 nitrogen and oxygen atoms in total. The smallest absolute Gasteiger partial charge is 0.452 e. The number of nitrogens with one attached hydrogen (secondary N) is 1. The van der Waals surface area contributed by atoms with E-state index >= 15 is 0 Å². The van der Waals surface area contributed by atoms with Crippen molar-refractivity contribution in [2.24, 2.45) is 10.2 Å². The molecule has 2 aromatic rings. The monoisotopic (exact) mass is 345 g/mol. The summed E-state index contributed by atoms with van der Waals surface area (Å²) in [6, 6.07) is 5.92. The number of aryl methyl sites for hydroxylation is 1. The van der Waals surface area contributed by atoms with Gasteiger partial charge in [-0.2, -0.15) is 0 Å². The summed E-state index contributed by atoms with van der Waals surface area (Å²) in [5.74, 6) is -0.106. The lowest BCUT2D eigenvalue weighted by molar-refractivity contribution is 0.0592. The van der Waals surface area contributed by atoms with Gasteiger partial charge in [-0.3, -0.25) is 0 Å². The molecule has 1 heterocycles. The van der Waals surface area contributed by atoms with Crippen molar-refractivity contribution in [2.45, 2.75) is 65.4 Å². The van der Waals surface area contributed by atoms with Gasteiger partial charge in [0.1, 0.15) is 5.60 Å². The van der Waals surface area contributed by atoms with Crippen LogP contribution in [-0.4, -0.2) is 21.8 Å². The maximum atomic E-state index is 11.7. The molecule has 0 saturated carbocycles. The van der Waals surface area contributed by atoms with Gasteiger partial charge >= 0.3 is 6.09 Å². The Morgan fingerprint density at radius 2 is 2.00 bits per heavy atom. The van der Waals surface area contributed by atoms with E-state index in [1.54, 1.807) is 20.8 Å². The first-order chi connectivity index (χ1) is 11.8. The molecule has 0 spiro atoms. The number of hydrogen-bond donors (Lipinski definition) is 2. The van der Waals surface area contributed by atoms with Crippen LogP contribution in [0.2, 0.25) is 0 Å². The first-order valence-corrected chi connectivity index (χ1v) is 8.78. The summed E-state index contributed by atoms with van der Waals surface area (Å²) >= 11 is 0. The number of azo groups is 1. The molecule has 0 saturated heterocycles. The molecule has 1 aromatic heterocycles. The third kappa shape index (κ3) is 5.59. The number of carbonyl (C=O) groups excluding carboxylic acids is 1. The molecule has 0 aliphatic carbocycles. The van der Waals surface area contributed by atoms with Gasteiger partial charge < -0.3 is 14.8 Å². The van der Waals surface area contributed by atoms with Crippen LogP contribution in [0.4, 0.5) is 10.5 Å². The average Bonchev–Trinajstić information content (AvgIpc) is 2.82. The van der Waals surface area contributed by atoms with E-state index in [-0.39, 0.29) is 11.6 Å². The third-order valence-corrected chi connectivity index (χ3v) is 3.76. The number of aromatic nitrogens is 1. The second-order valence-corrected chi connectivity index (χ2v) is 7.19.